The van der Waals surface area contributed by atoms with Gasteiger partial charge in [-0.25, -0.2) is 13.6 Å². The van der Waals surface area contributed by atoms with Crippen molar-refractivity contribution in [3.63, 3.8) is 0 Å². The number of likely N-dealkylation sites (tertiary alicyclic amines) is 2. The minimum atomic E-state index is -0.932. The molecule has 2 aliphatic rings. The molecule has 2 fully saturated rings. The zero-order valence-electron chi connectivity index (χ0n) is 18.6. The van der Waals surface area contributed by atoms with E-state index in [1.807, 2.05) is 0 Å². The molecule has 1 atom stereocenters. The summed E-state index contributed by atoms with van der Waals surface area (Å²) in [6.45, 7) is 2.28. The summed E-state index contributed by atoms with van der Waals surface area (Å²) in [4.78, 5) is 52.5. The van der Waals surface area contributed by atoms with Crippen LogP contribution in [-0.2, 0) is 23.9 Å². The Morgan fingerprint density at radius 2 is 1.70 bits per heavy atom. The molecule has 0 N–H and O–H groups in total. The Morgan fingerprint density at radius 1 is 0.970 bits per heavy atom. The van der Waals surface area contributed by atoms with E-state index in [0.29, 0.717) is 31.9 Å². The molecule has 1 aromatic carbocycles. The van der Waals surface area contributed by atoms with Gasteiger partial charge >= 0.3 is 11.9 Å². The van der Waals surface area contributed by atoms with Crippen molar-refractivity contribution in [3.05, 3.63) is 35.4 Å². The van der Waals surface area contributed by atoms with E-state index in [0.717, 1.165) is 25.0 Å². The second-order valence-corrected chi connectivity index (χ2v) is 8.15. The zero-order valence-corrected chi connectivity index (χ0v) is 18.6. The molecule has 0 aromatic heterocycles. The Hall–Kier alpha value is -3.04. The number of piperidine rings is 2. The third-order valence-electron chi connectivity index (χ3n) is 6.00. The van der Waals surface area contributed by atoms with Gasteiger partial charge in [0.25, 0.3) is 11.8 Å². The van der Waals surface area contributed by atoms with Gasteiger partial charge in [0.05, 0.1) is 18.1 Å². The van der Waals surface area contributed by atoms with Gasteiger partial charge in [-0.15, -0.1) is 0 Å². The Morgan fingerprint density at radius 3 is 2.36 bits per heavy atom. The van der Waals surface area contributed by atoms with Gasteiger partial charge in [0.1, 0.15) is 17.7 Å². The van der Waals surface area contributed by atoms with Crippen molar-refractivity contribution in [3.8, 4) is 0 Å². The molecular weight excluding hydrogens is 438 g/mol. The molecule has 33 heavy (non-hydrogen) atoms. The number of nitrogens with zero attached hydrogens (tertiary/aromatic N) is 2. The number of amides is 2. The average molecular weight is 466 g/mol. The smallest absolute Gasteiger partial charge is 0.328 e. The number of esters is 2. The highest BCUT2D eigenvalue weighted by atomic mass is 19.1. The fourth-order valence-corrected chi connectivity index (χ4v) is 4.20. The maximum Gasteiger partial charge on any atom is 0.328 e. The summed E-state index contributed by atoms with van der Waals surface area (Å²) in [6.07, 6.45) is 2.69. The number of ether oxygens (including phenoxy) is 2. The molecule has 180 valence electrons. The number of hydrogen-bond donors (Lipinski definition) is 0. The van der Waals surface area contributed by atoms with E-state index in [-0.39, 0.29) is 25.3 Å². The molecule has 3 rings (SSSR count). The lowest BCUT2D eigenvalue weighted by atomic mass is 9.96. The molecule has 0 aliphatic carbocycles. The summed E-state index contributed by atoms with van der Waals surface area (Å²) in [5.74, 6) is -4.20. The first-order valence-electron chi connectivity index (χ1n) is 11.2. The van der Waals surface area contributed by atoms with Gasteiger partial charge in [0.2, 0.25) is 0 Å². The molecule has 2 aliphatic heterocycles. The SMILES string of the molecule is CCOC(=O)C1CCCCN1C(=O)COC(=O)C1CCN(C(=O)c2ccc(F)cc2F)CC1. The van der Waals surface area contributed by atoms with Crippen molar-refractivity contribution in [1.82, 2.24) is 9.80 Å². The summed E-state index contributed by atoms with van der Waals surface area (Å²) in [7, 11) is 0. The Bertz CT molecular complexity index is 901. The van der Waals surface area contributed by atoms with E-state index >= 15 is 0 Å². The molecule has 0 saturated carbocycles. The van der Waals surface area contributed by atoms with Gasteiger partial charge in [0.15, 0.2) is 6.61 Å². The highest BCUT2D eigenvalue weighted by Gasteiger charge is 2.34. The predicted molar refractivity (Wildman–Crippen MR) is 112 cm³/mol. The number of benzene rings is 1. The number of carbonyl (C=O) groups excluding carboxylic acids is 4. The van der Waals surface area contributed by atoms with Crippen LogP contribution < -0.4 is 0 Å². The molecule has 2 amide bonds. The topological polar surface area (TPSA) is 93.2 Å². The van der Waals surface area contributed by atoms with Crippen LogP contribution in [0.15, 0.2) is 18.2 Å². The molecule has 8 nitrogen and oxygen atoms in total. The van der Waals surface area contributed by atoms with Crippen LogP contribution in [0.5, 0.6) is 0 Å². The maximum atomic E-state index is 13.9. The highest BCUT2D eigenvalue weighted by molar-refractivity contribution is 5.94. The van der Waals surface area contributed by atoms with E-state index in [4.69, 9.17) is 9.47 Å². The Balaban J connectivity index is 1.48. The fraction of sp³-hybridized carbons (Fsp3) is 0.565. The second kappa shape index (κ2) is 11.2. The van der Waals surface area contributed by atoms with Crippen LogP contribution in [0.4, 0.5) is 8.78 Å². The number of rotatable bonds is 6. The third-order valence-corrected chi connectivity index (χ3v) is 6.00. The molecular formula is C23H28F2N2O6. The van der Waals surface area contributed by atoms with Crippen LogP contribution >= 0.6 is 0 Å². The Labute approximate surface area is 190 Å². The summed E-state index contributed by atoms with van der Waals surface area (Å²) in [5.41, 5.74) is -0.222. The first-order valence-corrected chi connectivity index (χ1v) is 11.2. The van der Waals surface area contributed by atoms with Gasteiger partial charge in [-0.05, 0) is 51.2 Å². The van der Waals surface area contributed by atoms with E-state index in [1.165, 1.54) is 9.80 Å². The standard InChI is InChI=1S/C23H28F2N2O6/c1-2-32-23(31)19-5-3-4-10-27(19)20(28)14-33-22(30)15-8-11-26(12-9-15)21(29)17-7-6-16(24)13-18(17)25/h6-7,13,15,19H,2-5,8-12,14H2,1H3. The van der Waals surface area contributed by atoms with Crippen molar-refractivity contribution < 1.29 is 37.4 Å². The fourth-order valence-electron chi connectivity index (χ4n) is 4.20. The highest BCUT2D eigenvalue weighted by Crippen LogP contribution is 2.22. The van der Waals surface area contributed by atoms with E-state index in [9.17, 15) is 28.0 Å². The zero-order chi connectivity index (χ0) is 24.0. The number of hydrogen-bond acceptors (Lipinski definition) is 6. The van der Waals surface area contributed by atoms with Crippen molar-refractivity contribution in [2.75, 3.05) is 32.8 Å². The lowest BCUT2D eigenvalue weighted by molar-refractivity contribution is -0.162. The van der Waals surface area contributed by atoms with Crippen LogP contribution in [0.25, 0.3) is 0 Å². The molecule has 0 radical (unpaired) electrons. The molecule has 2 heterocycles. The summed E-state index contributed by atoms with van der Waals surface area (Å²) < 4.78 is 37.2. The van der Waals surface area contributed by atoms with Gasteiger partial charge < -0.3 is 19.3 Å². The second-order valence-electron chi connectivity index (χ2n) is 8.15. The average Bonchev–Trinajstić information content (AvgIpc) is 2.82. The van der Waals surface area contributed by atoms with Crippen molar-refractivity contribution >= 4 is 23.8 Å². The normalized spacial score (nSPS) is 19.2. The van der Waals surface area contributed by atoms with Gasteiger partial charge in [0, 0.05) is 25.7 Å². The molecule has 0 spiro atoms. The first-order chi connectivity index (χ1) is 15.8. The van der Waals surface area contributed by atoms with E-state index in [1.54, 1.807) is 6.92 Å². The molecule has 1 unspecified atom stereocenters. The van der Waals surface area contributed by atoms with Crippen LogP contribution in [0.2, 0.25) is 0 Å². The van der Waals surface area contributed by atoms with Gasteiger partial charge in [-0.3, -0.25) is 14.4 Å². The van der Waals surface area contributed by atoms with Crippen LogP contribution in [0.3, 0.4) is 0 Å². The summed E-state index contributed by atoms with van der Waals surface area (Å²) in [5, 5.41) is 0. The van der Waals surface area contributed by atoms with E-state index < -0.39 is 54.0 Å². The van der Waals surface area contributed by atoms with Gasteiger partial charge in [-0.2, -0.15) is 0 Å². The monoisotopic (exact) mass is 466 g/mol. The van der Waals surface area contributed by atoms with Crippen LogP contribution in [-0.4, -0.2) is 72.4 Å². The third kappa shape index (κ3) is 6.06. The molecule has 1 aromatic rings. The summed E-state index contributed by atoms with van der Waals surface area (Å²) in [6, 6.07) is 2.12. The van der Waals surface area contributed by atoms with Crippen LogP contribution in [0.1, 0.15) is 49.4 Å². The first kappa shape index (κ1) is 24.6. The number of halogens is 2. The largest absolute Gasteiger partial charge is 0.464 e. The molecule has 0 bridgehead atoms. The summed E-state index contributed by atoms with van der Waals surface area (Å²) >= 11 is 0. The van der Waals surface area contributed by atoms with E-state index in [2.05, 4.69) is 0 Å². The van der Waals surface area contributed by atoms with Crippen molar-refractivity contribution in [1.29, 1.82) is 0 Å². The Kier molecular flexibility index (Phi) is 8.35. The molecule has 10 heteroatoms. The lowest BCUT2D eigenvalue weighted by Gasteiger charge is -2.34. The lowest BCUT2D eigenvalue weighted by Crippen LogP contribution is -2.50. The quantitative estimate of drug-likeness (QED) is 0.598. The number of carbonyl (C=O) groups is 4. The predicted octanol–water partition coefficient (Wildman–Crippen LogP) is 2.30. The minimum Gasteiger partial charge on any atom is -0.464 e. The maximum absolute atomic E-state index is 13.9. The van der Waals surface area contributed by atoms with Gasteiger partial charge in [-0.1, -0.05) is 0 Å². The van der Waals surface area contributed by atoms with Crippen molar-refractivity contribution in [2.45, 2.75) is 45.1 Å². The van der Waals surface area contributed by atoms with Crippen LogP contribution in [0, 0.1) is 17.6 Å². The molecule has 2 saturated heterocycles. The van der Waals surface area contributed by atoms with Crippen molar-refractivity contribution in [2.24, 2.45) is 5.92 Å². The minimum absolute atomic E-state index is 0.209.